The average molecular weight is 335 g/mol. The van der Waals surface area contributed by atoms with Crippen molar-refractivity contribution in [2.24, 2.45) is 9.98 Å². The minimum Gasteiger partial charge on any atom is -0.478 e. The Morgan fingerprint density at radius 2 is 1.96 bits per heavy atom. The fraction of sp³-hybridized carbons (Fsp3) is 0.118. The molecular weight excluding hydrogens is 322 g/mol. The lowest BCUT2D eigenvalue weighted by molar-refractivity contribution is 0.0696. The fourth-order valence-electron chi connectivity index (χ4n) is 2.77. The van der Waals surface area contributed by atoms with Gasteiger partial charge in [-0.05, 0) is 18.2 Å². The van der Waals surface area contributed by atoms with Crippen molar-refractivity contribution in [1.29, 1.82) is 0 Å². The molecule has 0 saturated carbocycles. The van der Waals surface area contributed by atoms with Crippen LogP contribution in [0.5, 0.6) is 0 Å². The summed E-state index contributed by atoms with van der Waals surface area (Å²) in [5.74, 6) is -0.459. The Labute approximate surface area is 142 Å². The normalized spacial score (nSPS) is 15.0. The fourth-order valence-corrected chi connectivity index (χ4v) is 2.77. The Balaban J connectivity index is 1.66. The predicted octanol–water partition coefficient (Wildman–Crippen LogP) is 1.27. The third-order valence-electron chi connectivity index (χ3n) is 3.94. The van der Waals surface area contributed by atoms with Crippen molar-refractivity contribution in [3.8, 4) is 0 Å². The summed E-state index contributed by atoms with van der Waals surface area (Å²) in [5.41, 5.74) is 1.76. The van der Waals surface area contributed by atoms with Gasteiger partial charge < -0.3 is 5.11 Å². The SMILES string of the molecule is O=C(O)c1cncc(C(=O)NC2=Nc3ccccc3C3=NCCN23)c1. The number of benzene rings is 1. The number of guanidine groups is 1. The first-order valence-electron chi connectivity index (χ1n) is 7.63. The summed E-state index contributed by atoms with van der Waals surface area (Å²) < 4.78 is 0. The zero-order valence-corrected chi connectivity index (χ0v) is 13.0. The quantitative estimate of drug-likeness (QED) is 0.859. The van der Waals surface area contributed by atoms with Crippen molar-refractivity contribution in [2.45, 2.75) is 0 Å². The maximum Gasteiger partial charge on any atom is 0.337 e. The van der Waals surface area contributed by atoms with Gasteiger partial charge in [0.25, 0.3) is 5.91 Å². The van der Waals surface area contributed by atoms with Crippen molar-refractivity contribution in [3.05, 3.63) is 59.4 Å². The topological polar surface area (TPSA) is 107 Å². The van der Waals surface area contributed by atoms with E-state index in [1.54, 1.807) is 0 Å². The smallest absolute Gasteiger partial charge is 0.337 e. The van der Waals surface area contributed by atoms with Gasteiger partial charge in [0.15, 0.2) is 0 Å². The molecule has 0 aliphatic carbocycles. The maximum atomic E-state index is 12.5. The van der Waals surface area contributed by atoms with Gasteiger partial charge in [-0.15, -0.1) is 0 Å². The van der Waals surface area contributed by atoms with Gasteiger partial charge in [-0.2, -0.15) is 0 Å². The van der Waals surface area contributed by atoms with E-state index in [4.69, 9.17) is 5.11 Å². The second-order valence-electron chi connectivity index (χ2n) is 5.53. The molecule has 0 atom stereocenters. The molecule has 1 amide bonds. The number of para-hydroxylation sites is 1. The Morgan fingerprint density at radius 1 is 1.16 bits per heavy atom. The Morgan fingerprint density at radius 3 is 2.80 bits per heavy atom. The Kier molecular flexibility index (Phi) is 3.50. The highest BCUT2D eigenvalue weighted by molar-refractivity contribution is 6.19. The number of carboxylic acids is 1. The third-order valence-corrected chi connectivity index (χ3v) is 3.94. The number of carbonyl (C=O) groups excluding carboxylic acids is 1. The lowest BCUT2D eigenvalue weighted by atomic mass is 10.1. The van der Waals surface area contributed by atoms with E-state index in [1.165, 1.54) is 18.5 Å². The maximum absolute atomic E-state index is 12.5. The minimum absolute atomic E-state index is 0.0491. The molecule has 0 fully saturated rings. The predicted molar refractivity (Wildman–Crippen MR) is 90.3 cm³/mol. The van der Waals surface area contributed by atoms with E-state index in [1.807, 2.05) is 29.2 Å². The van der Waals surface area contributed by atoms with Crippen LogP contribution >= 0.6 is 0 Å². The third kappa shape index (κ3) is 2.63. The first-order chi connectivity index (χ1) is 12.1. The molecule has 2 aliphatic rings. The van der Waals surface area contributed by atoms with Crippen molar-refractivity contribution in [3.63, 3.8) is 0 Å². The van der Waals surface area contributed by atoms with Crippen molar-refractivity contribution >= 4 is 29.4 Å². The van der Waals surface area contributed by atoms with Crippen molar-refractivity contribution in [1.82, 2.24) is 15.2 Å². The molecule has 1 aromatic heterocycles. The van der Waals surface area contributed by atoms with Gasteiger partial charge in [0.05, 0.1) is 23.4 Å². The molecule has 0 unspecified atom stereocenters. The van der Waals surface area contributed by atoms with Gasteiger partial charge in [-0.3, -0.25) is 25.0 Å². The van der Waals surface area contributed by atoms with E-state index in [-0.39, 0.29) is 11.1 Å². The standard InChI is InChI=1S/C17H13N5O3/c23-15(10-7-11(16(24)25)9-18-8-10)21-17-20-13-4-2-1-3-12(13)14-19-5-6-22(14)17/h1-4,7-9H,5-6H2,(H,24,25)(H,20,21,23). The Hall–Kier alpha value is -3.55. The number of rotatable bonds is 2. The summed E-state index contributed by atoms with van der Waals surface area (Å²) in [6, 6.07) is 8.86. The van der Waals surface area contributed by atoms with E-state index < -0.39 is 11.9 Å². The van der Waals surface area contributed by atoms with Crippen LogP contribution in [0.15, 0.2) is 52.7 Å². The van der Waals surface area contributed by atoms with Gasteiger partial charge in [0.1, 0.15) is 5.84 Å². The van der Waals surface area contributed by atoms with Gasteiger partial charge >= 0.3 is 5.97 Å². The van der Waals surface area contributed by atoms with E-state index in [0.29, 0.717) is 19.0 Å². The number of amides is 1. The monoisotopic (exact) mass is 335 g/mol. The largest absolute Gasteiger partial charge is 0.478 e. The van der Waals surface area contributed by atoms with Crippen LogP contribution in [0, 0.1) is 0 Å². The molecule has 0 bridgehead atoms. The molecule has 8 nitrogen and oxygen atoms in total. The van der Waals surface area contributed by atoms with Crippen LogP contribution in [0.1, 0.15) is 26.3 Å². The number of carbonyl (C=O) groups is 2. The average Bonchev–Trinajstić information content (AvgIpc) is 3.12. The van der Waals surface area contributed by atoms with E-state index in [0.717, 1.165) is 17.1 Å². The number of carboxylic acid groups (broad SMARTS) is 1. The summed E-state index contributed by atoms with van der Waals surface area (Å²) in [6.45, 7) is 1.24. The summed E-state index contributed by atoms with van der Waals surface area (Å²) in [6.07, 6.45) is 2.51. The van der Waals surface area contributed by atoms with Crippen LogP contribution < -0.4 is 5.32 Å². The number of amidine groups is 1. The second-order valence-corrected chi connectivity index (χ2v) is 5.53. The molecule has 124 valence electrons. The molecular formula is C17H13N5O3. The molecule has 0 saturated heterocycles. The molecule has 8 heteroatoms. The zero-order chi connectivity index (χ0) is 17.4. The van der Waals surface area contributed by atoms with Gasteiger partial charge in [-0.1, -0.05) is 12.1 Å². The highest BCUT2D eigenvalue weighted by Gasteiger charge is 2.30. The number of hydrogen-bond donors (Lipinski definition) is 2. The van der Waals surface area contributed by atoms with Crippen LogP contribution in [0.2, 0.25) is 0 Å². The minimum atomic E-state index is -1.14. The van der Waals surface area contributed by atoms with Crippen molar-refractivity contribution < 1.29 is 14.7 Å². The van der Waals surface area contributed by atoms with Gasteiger partial charge in [0.2, 0.25) is 5.96 Å². The number of aromatic carboxylic acids is 1. The molecule has 2 aliphatic heterocycles. The van der Waals surface area contributed by atoms with Crippen LogP contribution in [-0.2, 0) is 0 Å². The van der Waals surface area contributed by atoms with Crippen LogP contribution in [0.4, 0.5) is 5.69 Å². The number of fused-ring (bicyclic) bond motifs is 3. The lowest BCUT2D eigenvalue weighted by Gasteiger charge is -2.27. The van der Waals surface area contributed by atoms with E-state index >= 15 is 0 Å². The first kappa shape index (κ1) is 15.0. The molecule has 25 heavy (non-hydrogen) atoms. The van der Waals surface area contributed by atoms with E-state index in [2.05, 4.69) is 20.3 Å². The highest BCUT2D eigenvalue weighted by atomic mass is 16.4. The molecule has 3 heterocycles. The molecule has 2 aromatic rings. The molecule has 0 spiro atoms. The first-order valence-corrected chi connectivity index (χ1v) is 7.63. The molecule has 0 radical (unpaired) electrons. The summed E-state index contributed by atoms with van der Waals surface area (Å²) >= 11 is 0. The number of aromatic nitrogens is 1. The zero-order valence-electron chi connectivity index (χ0n) is 13.0. The Bertz CT molecular complexity index is 951. The molecule has 1 aromatic carbocycles. The highest BCUT2D eigenvalue weighted by Crippen LogP contribution is 2.27. The van der Waals surface area contributed by atoms with Gasteiger partial charge in [-0.25, -0.2) is 9.79 Å². The van der Waals surface area contributed by atoms with Crippen LogP contribution in [0.3, 0.4) is 0 Å². The van der Waals surface area contributed by atoms with Crippen molar-refractivity contribution in [2.75, 3.05) is 13.1 Å². The lowest BCUT2D eigenvalue weighted by Crippen LogP contribution is -2.47. The van der Waals surface area contributed by atoms with Crippen LogP contribution in [0.25, 0.3) is 0 Å². The number of aliphatic imine (C=N–C) groups is 2. The number of nitrogens with zero attached hydrogens (tertiary/aromatic N) is 4. The summed E-state index contributed by atoms with van der Waals surface area (Å²) in [4.78, 5) is 38.2. The number of hydrogen-bond acceptors (Lipinski definition) is 6. The summed E-state index contributed by atoms with van der Waals surface area (Å²) in [7, 11) is 0. The number of pyridine rings is 1. The molecule has 4 rings (SSSR count). The van der Waals surface area contributed by atoms with Gasteiger partial charge in [0, 0.05) is 24.5 Å². The summed E-state index contributed by atoms with van der Waals surface area (Å²) in [5, 5.41) is 11.8. The molecule has 2 N–H and O–H groups in total. The van der Waals surface area contributed by atoms with Crippen LogP contribution in [-0.4, -0.2) is 51.8 Å². The second kappa shape index (κ2) is 5.82. The van der Waals surface area contributed by atoms with E-state index in [9.17, 15) is 9.59 Å². The number of nitrogens with one attached hydrogen (secondary N) is 1.